The molecule has 0 amide bonds. The van der Waals surface area contributed by atoms with Crippen molar-refractivity contribution < 1.29 is 4.52 Å². The topological polar surface area (TPSA) is 71.4 Å². The van der Waals surface area contributed by atoms with E-state index in [2.05, 4.69) is 19.9 Å². The minimum Gasteiger partial charge on any atom is -0.338 e. The van der Waals surface area contributed by atoms with E-state index in [1.807, 2.05) is 0 Å². The summed E-state index contributed by atoms with van der Waals surface area (Å²) in [5, 5.41) is 3.98. The number of halogens is 2. The molecule has 1 aromatic heterocycles. The van der Waals surface area contributed by atoms with Crippen molar-refractivity contribution >= 4 is 24.8 Å². The van der Waals surface area contributed by atoms with Crippen LogP contribution in [0.4, 0.5) is 0 Å². The minimum absolute atomic E-state index is 0. The highest BCUT2D eigenvalue weighted by molar-refractivity contribution is 5.85. The Morgan fingerprint density at radius 2 is 1.90 bits per heavy atom. The fourth-order valence-corrected chi connectivity index (χ4v) is 3.22. The van der Waals surface area contributed by atoms with Gasteiger partial charge in [-0.2, -0.15) is 4.98 Å². The molecule has 0 saturated carbocycles. The molecule has 0 spiro atoms. The number of aromatic nitrogens is 2. The number of nitrogens with two attached hydrogens (primary N) is 1. The maximum Gasteiger partial charge on any atom is 0.240 e. The van der Waals surface area contributed by atoms with Crippen LogP contribution in [0.15, 0.2) is 4.52 Å². The molecule has 1 aromatic rings. The molecule has 122 valence electrons. The van der Waals surface area contributed by atoms with Gasteiger partial charge in [-0.15, -0.1) is 24.8 Å². The average Bonchev–Trinajstić information content (AvgIpc) is 3.10. The van der Waals surface area contributed by atoms with Crippen molar-refractivity contribution in [2.75, 3.05) is 26.2 Å². The first-order valence-electron chi connectivity index (χ1n) is 7.33. The van der Waals surface area contributed by atoms with Crippen molar-refractivity contribution in [1.29, 1.82) is 0 Å². The first-order chi connectivity index (χ1) is 9.35. The molecule has 1 unspecified atom stereocenters. The summed E-state index contributed by atoms with van der Waals surface area (Å²) in [5.74, 6) is 1.30. The van der Waals surface area contributed by atoms with Crippen LogP contribution in [0, 0.1) is 0 Å². The maximum absolute atomic E-state index is 5.48. The average molecular weight is 338 g/mol. The third-order valence-corrected chi connectivity index (χ3v) is 4.19. The minimum atomic E-state index is 0. The third kappa shape index (κ3) is 4.79. The zero-order valence-corrected chi connectivity index (χ0v) is 13.9. The fourth-order valence-electron chi connectivity index (χ4n) is 3.22. The smallest absolute Gasteiger partial charge is 0.240 e. The lowest BCUT2D eigenvalue weighted by Crippen LogP contribution is -2.46. The molecule has 0 radical (unpaired) electrons. The normalized spacial score (nSPS) is 23.6. The third-order valence-electron chi connectivity index (χ3n) is 4.19. The molecule has 2 fully saturated rings. The molecule has 2 saturated heterocycles. The van der Waals surface area contributed by atoms with E-state index in [9.17, 15) is 0 Å². The Morgan fingerprint density at radius 3 is 2.57 bits per heavy atom. The summed E-state index contributed by atoms with van der Waals surface area (Å²) in [5.41, 5.74) is 5.48. The van der Waals surface area contributed by atoms with Gasteiger partial charge in [0.25, 0.3) is 0 Å². The van der Waals surface area contributed by atoms with Gasteiger partial charge in [0.1, 0.15) is 0 Å². The Balaban J connectivity index is 0.00000110. The van der Waals surface area contributed by atoms with Crippen LogP contribution in [0.5, 0.6) is 0 Å². The van der Waals surface area contributed by atoms with Crippen LogP contribution in [-0.4, -0.2) is 52.2 Å². The van der Waals surface area contributed by atoms with Crippen molar-refractivity contribution in [3.63, 3.8) is 0 Å². The Morgan fingerprint density at radius 1 is 1.14 bits per heavy atom. The molecule has 3 heterocycles. The Bertz CT molecular complexity index is 411. The maximum atomic E-state index is 5.48. The fraction of sp³-hybridized carbons (Fsp3) is 0.846. The molecular formula is C13H25Cl2N5O. The van der Waals surface area contributed by atoms with Crippen LogP contribution >= 0.6 is 24.8 Å². The number of nitrogens with zero attached hydrogens (tertiary/aromatic N) is 4. The number of piperidine rings is 1. The van der Waals surface area contributed by atoms with E-state index in [1.165, 1.54) is 38.8 Å². The Labute approximate surface area is 138 Å². The molecule has 21 heavy (non-hydrogen) atoms. The summed E-state index contributed by atoms with van der Waals surface area (Å²) >= 11 is 0. The second-order valence-electron chi connectivity index (χ2n) is 5.58. The van der Waals surface area contributed by atoms with Crippen LogP contribution < -0.4 is 5.73 Å². The molecule has 0 bridgehead atoms. The Kier molecular flexibility index (Phi) is 7.90. The molecule has 8 heteroatoms. The summed E-state index contributed by atoms with van der Waals surface area (Å²) in [4.78, 5) is 9.38. The van der Waals surface area contributed by atoms with Crippen molar-refractivity contribution in [3.05, 3.63) is 11.7 Å². The summed E-state index contributed by atoms with van der Waals surface area (Å²) in [7, 11) is 0. The Hall–Kier alpha value is -0.400. The zero-order chi connectivity index (χ0) is 13.1. The number of hydrogen-bond acceptors (Lipinski definition) is 6. The molecule has 2 aliphatic rings. The van der Waals surface area contributed by atoms with Gasteiger partial charge in [0.2, 0.25) is 5.89 Å². The van der Waals surface area contributed by atoms with Gasteiger partial charge in [0.15, 0.2) is 5.82 Å². The van der Waals surface area contributed by atoms with Crippen LogP contribution in [0.1, 0.15) is 37.4 Å². The summed E-state index contributed by atoms with van der Waals surface area (Å²) < 4.78 is 5.06. The van der Waals surface area contributed by atoms with E-state index in [0.717, 1.165) is 31.5 Å². The van der Waals surface area contributed by atoms with Gasteiger partial charge in [-0.05, 0) is 45.3 Å². The summed E-state index contributed by atoms with van der Waals surface area (Å²) in [6, 6.07) is 0.720. The SMILES string of the molecule is Cl.Cl.NCc1nc(CN2CCCC(N3CCCC3)C2)no1. The molecular weight excluding hydrogens is 313 g/mol. The van der Waals surface area contributed by atoms with E-state index in [4.69, 9.17) is 10.3 Å². The van der Waals surface area contributed by atoms with E-state index in [-0.39, 0.29) is 24.8 Å². The highest BCUT2D eigenvalue weighted by atomic mass is 35.5. The summed E-state index contributed by atoms with van der Waals surface area (Å²) in [6.45, 7) is 5.93. The lowest BCUT2D eigenvalue weighted by molar-refractivity contribution is 0.108. The number of rotatable bonds is 4. The zero-order valence-electron chi connectivity index (χ0n) is 12.2. The van der Waals surface area contributed by atoms with E-state index >= 15 is 0 Å². The molecule has 2 aliphatic heterocycles. The van der Waals surface area contributed by atoms with Gasteiger partial charge in [-0.1, -0.05) is 5.16 Å². The van der Waals surface area contributed by atoms with E-state index in [0.29, 0.717) is 12.4 Å². The summed E-state index contributed by atoms with van der Waals surface area (Å²) in [6.07, 6.45) is 5.32. The van der Waals surface area contributed by atoms with Crippen molar-refractivity contribution in [3.8, 4) is 0 Å². The lowest BCUT2D eigenvalue weighted by atomic mass is 10.0. The van der Waals surface area contributed by atoms with Gasteiger partial charge in [-0.25, -0.2) is 0 Å². The van der Waals surface area contributed by atoms with Gasteiger partial charge in [0, 0.05) is 12.6 Å². The van der Waals surface area contributed by atoms with Crippen molar-refractivity contribution in [2.24, 2.45) is 5.73 Å². The molecule has 1 atom stereocenters. The van der Waals surface area contributed by atoms with Crippen LogP contribution in [-0.2, 0) is 13.1 Å². The van der Waals surface area contributed by atoms with E-state index in [1.54, 1.807) is 0 Å². The molecule has 6 nitrogen and oxygen atoms in total. The lowest BCUT2D eigenvalue weighted by Gasteiger charge is -2.37. The highest BCUT2D eigenvalue weighted by Gasteiger charge is 2.27. The second kappa shape index (κ2) is 8.90. The van der Waals surface area contributed by atoms with Gasteiger partial charge in [0.05, 0.1) is 13.1 Å². The number of likely N-dealkylation sites (tertiary alicyclic amines) is 2. The highest BCUT2D eigenvalue weighted by Crippen LogP contribution is 2.21. The molecule has 0 aliphatic carbocycles. The van der Waals surface area contributed by atoms with Crippen LogP contribution in [0.3, 0.4) is 0 Å². The predicted molar refractivity (Wildman–Crippen MR) is 85.8 cm³/mol. The predicted octanol–water partition coefficient (Wildman–Crippen LogP) is 1.43. The first kappa shape index (κ1) is 18.6. The van der Waals surface area contributed by atoms with E-state index < -0.39 is 0 Å². The van der Waals surface area contributed by atoms with Crippen LogP contribution in [0.25, 0.3) is 0 Å². The first-order valence-corrected chi connectivity index (χ1v) is 7.33. The van der Waals surface area contributed by atoms with Gasteiger partial charge >= 0.3 is 0 Å². The largest absolute Gasteiger partial charge is 0.338 e. The van der Waals surface area contributed by atoms with Crippen LogP contribution in [0.2, 0.25) is 0 Å². The number of hydrogen-bond donors (Lipinski definition) is 1. The van der Waals surface area contributed by atoms with Crippen molar-refractivity contribution in [1.82, 2.24) is 19.9 Å². The molecule has 0 aromatic carbocycles. The quantitative estimate of drug-likeness (QED) is 0.896. The monoisotopic (exact) mass is 337 g/mol. The second-order valence-corrected chi connectivity index (χ2v) is 5.58. The molecule has 3 rings (SSSR count). The standard InChI is InChI=1S/C13H23N5O.2ClH/c14-8-13-15-12(16-19-13)10-17-5-3-4-11(9-17)18-6-1-2-7-18;;/h11H,1-10,14H2;2*1H. The van der Waals surface area contributed by atoms with Crippen molar-refractivity contribution in [2.45, 2.75) is 44.8 Å². The molecule has 2 N–H and O–H groups in total. The van der Waals surface area contributed by atoms with Gasteiger partial charge < -0.3 is 10.3 Å². The van der Waals surface area contributed by atoms with Gasteiger partial charge in [-0.3, -0.25) is 9.80 Å².